The smallest absolute Gasteiger partial charge is 0.151 e. The van der Waals surface area contributed by atoms with Crippen LogP contribution in [-0.4, -0.2) is 29.9 Å². The van der Waals surface area contributed by atoms with Crippen LogP contribution in [0.1, 0.15) is 0 Å². The number of hydrogen-bond acceptors (Lipinski definition) is 4. The molecule has 0 saturated carbocycles. The van der Waals surface area contributed by atoms with E-state index in [1.165, 1.54) is 0 Å². The van der Waals surface area contributed by atoms with Crippen LogP contribution in [0.2, 0.25) is 0 Å². The molecule has 0 radical (unpaired) electrons. The topological polar surface area (TPSA) is 49.7 Å². The molecule has 0 unspecified atom stereocenters. The largest absolute Gasteiger partial charge is 0.328 e. The average molecular weight is 214 g/mol. The molecule has 80 valence electrons. The maximum atomic E-state index is 10.8. The molecule has 2 rings (SSSR count). The molecule has 0 saturated heterocycles. The van der Waals surface area contributed by atoms with Crippen molar-refractivity contribution in [3.63, 3.8) is 0 Å². The molecule has 0 atom stereocenters. The molecule has 4 heteroatoms. The van der Waals surface area contributed by atoms with Gasteiger partial charge in [-0.05, 0) is 6.08 Å². The predicted molar refractivity (Wildman–Crippen MR) is 60.7 cm³/mol. The first-order chi connectivity index (χ1) is 7.83. The van der Waals surface area contributed by atoms with E-state index in [4.69, 9.17) is 0 Å². The van der Waals surface area contributed by atoms with E-state index in [1.54, 1.807) is 29.5 Å². The van der Waals surface area contributed by atoms with Crippen molar-refractivity contribution in [2.45, 2.75) is 0 Å². The lowest BCUT2D eigenvalue weighted by atomic mass is 10.2. The summed E-state index contributed by atoms with van der Waals surface area (Å²) in [4.78, 5) is 27.3. The Labute approximate surface area is 93.0 Å². The maximum absolute atomic E-state index is 10.8. The lowest BCUT2D eigenvalue weighted by Gasteiger charge is -2.24. The van der Waals surface area contributed by atoms with Crippen molar-refractivity contribution in [1.82, 2.24) is 4.90 Å². The highest BCUT2D eigenvalue weighted by Crippen LogP contribution is 2.12. The van der Waals surface area contributed by atoms with Crippen molar-refractivity contribution in [3.05, 3.63) is 47.9 Å². The molecule has 0 spiro atoms. The Hall–Kier alpha value is -2.23. The molecule has 0 aliphatic carbocycles. The summed E-state index contributed by atoms with van der Waals surface area (Å²) >= 11 is 0. The molecule has 2 aliphatic heterocycles. The summed E-state index contributed by atoms with van der Waals surface area (Å²) in [6.45, 7) is 0.442. The van der Waals surface area contributed by atoms with Crippen LogP contribution in [0, 0.1) is 0 Å². The van der Waals surface area contributed by atoms with E-state index in [9.17, 15) is 9.59 Å². The van der Waals surface area contributed by atoms with Gasteiger partial charge in [-0.3, -0.25) is 9.59 Å². The van der Waals surface area contributed by atoms with Gasteiger partial charge in [-0.15, -0.1) is 0 Å². The average Bonchev–Trinajstić information content (AvgIpc) is 2.30. The Morgan fingerprint density at radius 1 is 1.19 bits per heavy atom. The molecule has 0 fully saturated rings. The van der Waals surface area contributed by atoms with E-state index in [-0.39, 0.29) is 0 Å². The SMILES string of the molecule is O=CC1=CN=C2\C=C/C=C\C(C=O)=C/N2C1. The Balaban J connectivity index is 2.39. The van der Waals surface area contributed by atoms with Gasteiger partial charge in [0.25, 0.3) is 0 Å². The zero-order valence-electron chi connectivity index (χ0n) is 8.54. The van der Waals surface area contributed by atoms with E-state index < -0.39 is 0 Å². The predicted octanol–water partition coefficient (Wildman–Crippen LogP) is 0.992. The van der Waals surface area contributed by atoms with Crippen LogP contribution in [0.4, 0.5) is 0 Å². The number of rotatable bonds is 2. The number of carbonyl (C=O) groups is 2. The van der Waals surface area contributed by atoms with Crippen LogP contribution in [0.15, 0.2) is 52.8 Å². The Kier molecular flexibility index (Phi) is 2.91. The zero-order valence-corrected chi connectivity index (χ0v) is 8.54. The third-order valence-electron chi connectivity index (χ3n) is 2.25. The van der Waals surface area contributed by atoms with E-state index in [1.807, 2.05) is 12.2 Å². The summed E-state index contributed by atoms with van der Waals surface area (Å²) in [5.74, 6) is 0.717. The van der Waals surface area contributed by atoms with Crippen molar-refractivity contribution in [1.29, 1.82) is 0 Å². The van der Waals surface area contributed by atoms with Gasteiger partial charge in [-0.25, -0.2) is 4.99 Å². The van der Waals surface area contributed by atoms with Gasteiger partial charge >= 0.3 is 0 Å². The minimum atomic E-state index is 0.442. The van der Waals surface area contributed by atoms with Gasteiger partial charge in [0.05, 0.1) is 6.54 Å². The number of amidine groups is 1. The number of hydrogen-bond donors (Lipinski definition) is 0. The lowest BCUT2D eigenvalue weighted by molar-refractivity contribution is -0.105. The van der Waals surface area contributed by atoms with E-state index in [0.717, 1.165) is 12.6 Å². The fraction of sp³-hybridized carbons (Fsp3) is 0.0833. The second-order valence-electron chi connectivity index (χ2n) is 3.40. The van der Waals surface area contributed by atoms with Crippen LogP contribution in [0.3, 0.4) is 0 Å². The van der Waals surface area contributed by atoms with E-state index in [2.05, 4.69) is 4.99 Å². The van der Waals surface area contributed by atoms with Crippen LogP contribution in [0.25, 0.3) is 0 Å². The van der Waals surface area contributed by atoms with Crippen molar-refractivity contribution in [2.24, 2.45) is 4.99 Å². The molecule has 0 aromatic carbocycles. The maximum Gasteiger partial charge on any atom is 0.151 e. The molecule has 0 aromatic rings. The highest BCUT2D eigenvalue weighted by atomic mass is 16.1. The molecule has 0 amide bonds. The Bertz CT molecular complexity index is 467. The van der Waals surface area contributed by atoms with Gasteiger partial charge in [-0.2, -0.15) is 0 Å². The number of aliphatic imine (C=N–C) groups is 1. The first kappa shape index (κ1) is 10.3. The zero-order chi connectivity index (χ0) is 11.4. The summed E-state index contributed by atoms with van der Waals surface area (Å²) in [6.07, 6.45) is 11.9. The van der Waals surface area contributed by atoms with Crippen molar-refractivity contribution in [3.8, 4) is 0 Å². The number of aldehydes is 2. The fourth-order valence-corrected chi connectivity index (χ4v) is 1.46. The quantitative estimate of drug-likeness (QED) is 0.644. The van der Waals surface area contributed by atoms with Gasteiger partial charge < -0.3 is 4.90 Å². The van der Waals surface area contributed by atoms with Crippen molar-refractivity contribution >= 4 is 18.4 Å². The van der Waals surface area contributed by atoms with Crippen LogP contribution in [-0.2, 0) is 9.59 Å². The fourth-order valence-electron chi connectivity index (χ4n) is 1.46. The Morgan fingerprint density at radius 3 is 2.75 bits per heavy atom. The van der Waals surface area contributed by atoms with Crippen molar-refractivity contribution < 1.29 is 9.59 Å². The third-order valence-corrected chi connectivity index (χ3v) is 2.25. The monoisotopic (exact) mass is 214 g/mol. The van der Waals surface area contributed by atoms with Crippen LogP contribution in [0.5, 0.6) is 0 Å². The van der Waals surface area contributed by atoms with E-state index >= 15 is 0 Å². The summed E-state index contributed by atoms with van der Waals surface area (Å²) in [7, 11) is 0. The summed E-state index contributed by atoms with van der Waals surface area (Å²) < 4.78 is 0. The van der Waals surface area contributed by atoms with Gasteiger partial charge in [0.1, 0.15) is 12.1 Å². The molecular weight excluding hydrogens is 204 g/mol. The number of allylic oxidation sites excluding steroid dienone is 4. The minimum Gasteiger partial charge on any atom is -0.328 e. The summed E-state index contributed by atoms with van der Waals surface area (Å²) in [6, 6.07) is 0. The Morgan fingerprint density at radius 2 is 2.00 bits per heavy atom. The molecule has 2 aliphatic rings. The molecule has 0 bridgehead atoms. The van der Waals surface area contributed by atoms with Gasteiger partial charge in [0, 0.05) is 23.5 Å². The summed E-state index contributed by atoms with van der Waals surface area (Å²) in [5, 5.41) is 0. The molecule has 0 aromatic heterocycles. The van der Waals surface area contributed by atoms with Gasteiger partial charge in [0.15, 0.2) is 6.29 Å². The highest BCUT2D eigenvalue weighted by molar-refractivity contribution is 5.97. The molecule has 4 nitrogen and oxygen atoms in total. The standard InChI is InChI=1S/C12H10N2O2/c15-8-10-3-1-2-4-12-13-5-11(9-16)7-14(12)6-10/h1-6,8-9H,7H2/b3-1-,4-2-,10-6+. The molecular formula is C12H10N2O2. The minimum absolute atomic E-state index is 0.442. The third kappa shape index (κ3) is 2.06. The van der Waals surface area contributed by atoms with Gasteiger partial charge in [-0.1, -0.05) is 18.2 Å². The van der Waals surface area contributed by atoms with Crippen LogP contribution >= 0.6 is 0 Å². The normalized spacial score (nSPS) is 26.0. The van der Waals surface area contributed by atoms with Crippen molar-refractivity contribution in [2.75, 3.05) is 6.54 Å². The highest BCUT2D eigenvalue weighted by Gasteiger charge is 2.13. The molecule has 16 heavy (non-hydrogen) atoms. The number of carbonyl (C=O) groups excluding carboxylic acids is 2. The molecule has 2 heterocycles. The van der Waals surface area contributed by atoms with E-state index in [0.29, 0.717) is 23.5 Å². The number of nitrogens with zero attached hydrogens (tertiary/aromatic N) is 2. The first-order valence-electron chi connectivity index (χ1n) is 4.84. The van der Waals surface area contributed by atoms with Crippen LogP contribution < -0.4 is 0 Å². The first-order valence-corrected chi connectivity index (χ1v) is 4.84. The number of fused-ring (bicyclic) bond motifs is 1. The second kappa shape index (κ2) is 4.53. The van der Waals surface area contributed by atoms with Gasteiger partial charge in [0.2, 0.25) is 0 Å². The lowest BCUT2D eigenvalue weighted by Crippen LogP contribution is -2.30. The second-order valence-corrected chi connectivity index (χ2v) is 3.40. The molecule has 0 N–H and O–H groups in total. The summed E-state index contributed by atoms with van der Waals surface area (Å²) in [5.41, 5.74) is 1.13.